The Balaban J connectivity index is 1.63. The number of ether oxygens (including phenoxy) is 1. The van der Waals surface area contributed by atoms with E-state index < -0.39 is 0 Å². The molecule has 3 heteroatoms. The van der Waals surface area contributed by atoms with Gasteiger partial charge in [0.05, 0.1) is 5.69 Å². The fourth-order valence-electron chi connectivity index (χ4n) is 3.00. The van der Waals surface area contributed by atoms with Gasteiger partial charge in [-0.15, -0.1) is 0 Å². The minimum Gasteiger partial charge on any atom is -0.432 e. The first-order valence-electron chi connectivity index (χ1n) is 8.14. The molecule has 0 amide bonds. The van der Waals surface area contributed by atoms with Crippen LogP contribution in [-0.4, -0.2) is 12.2 Å². The van der Waals surface area contributed by atoms with Crippen LogP contribution in [0.3, 0.4) is 0 Å². The maximum absolute atomic E-state index is 5.94. The lowest BCUT2D eigenvalue weighted by Crippen LogP contribution is -2.29. The summed E-state index contributed by atoms with van der Waals surface area (Å²) in [5.41, 5.74) is 1.03. The van der Waals surface area contributed by atoms with E-state index in [0.717, 1.165) is 22.2 Å². The second-order valence-corrected chi connectivity index (χ2v) is 6.28. The van der Waals surface area contributed by atoms with Gasteiger partial charge < -0.3 is 9.64 Å². The molecule has 4 rings (SSSR count). The average Bonchev–Trinajstić information content (AvgIpc) is 2.67. The molecule has 122 valence electrons. The van der Waals surface area contributed by atoms with Crippen molar-refractivity contribution in [2.45, 2.75) is 0 Å². The molecule has 4 aromatic carbocycles. The van der Waals surface area contributed by atoms with E-state index in [4.69, 9.17) is 17.0 Å². The molecule has 25 heavy (non-hydrogen) atoms. The van der Waals surface area contributed by atoms with Gasteiger partial charge in [0, 0.05) is 12.4 Å². The van der Waals surface area contributed by atoms with E-state index >= 15 is 0 Å². The minimum atomic E-state index is 0.423. The maximum atomic E-state index is 5.94. The highest BCUT2D eigenvalue weighted by atomic mass is 32.1. The Morgan fingerprint density at radius 3 is 2.28 bits per heavy atom. The summed E-state index contributed by atoms with van der Waals surface area (Å²) in [6.07, 6.45) is 0. The van der Waals surface area contributed by atoms with Crippen LogP contribution in [0.15, 0.2) is 84.9 Å². The topological polar surface area (TPSA) is 12.5 Å². The van der Waals surface area contributed by atoms with E-state index in [9.17, 15) is 0 Å². The molecule has 0 fully saturated rings. The van der Waals surface area contributed by atoms with Crippen molar-refractivity contribution in [1.29, 1.82) is 0 Å². The predicted octanol–water partition coefficient (Wildman–Crippen LogP) is 5.79. The van der Waals surface area contributed by atoms with Gasteiger partial charge in [-0.2, -0.15) is 0 Å². The van der Waals surface area contributed by atoms with Crippen LogP contribution in [0.1, 0.15) is 0 Å². The Kier molecular flexibility index (Phi) is 4.08. The highest BCUT2D eigenvalue weighted by Gasteiger charge is 2.12. The first-order valence-corrected chi connectivity index (χ1v) is 8.55. The van der Waals surface area contributed by atoms with Crippen molar-refractivity contribution in [1.82, 2.24) is 0 Å². The molecular weight excluding hydrogens is 326 g/mol. The predicted molar refractivity (Wildman–Crippen MR) is 110 cm³/mol. The zero-order valence-corrected chi connectivity index (χ0v) is 14.7. The quantitative estimate of drug-likeness (QED) is 0.427. The molecule has 0 N–H and O–H groups in total. The molecule has 0 heterocycles. The summed E-state index contributed by atoms with van der Waals surface area (Å²) in [7, 11) is 1.94. The Morgan fingerprint density at radius 2 is 1.44 bits per heavy atom. The Bertz CT molecular complexity index is 1070. The largest absolute Gasteiger partial charge is 0.432 e. The number of hydrogen-bond donors (Lipinski definition) is 0. The smallest absolute Gasteiger partial charge is 0.269 e. The van der Waals surface area contributed by atoms with Gasteiger partial charge in [0.1, 0.15) is 5.75 Å². The van der Waals surface area contributed by atoms with E-state index in [2.05, 4.69) is 36.4 Å². The van der Waals surface area contributed by atoms with E-state index in [1.54, 1.807) is 0 Å². The molecule has 0 saturated carbocycles. The van der Waals surface area contributed by atoms with Crippen LogP contribution >= 0.6 is 12.2 Å². The molecule has 0 aliphatic rings. The molecule has 0 aliphatic heterocycles. The lowest BCUT2D eigenvalue weighted by Gasteiger charge is -2.21. The molecule has 0 bridgehead atoms. The van der Waals surface area contributed by atoms with Crippen molar-refractivity contribution >= 4 is 44.6 Å². The van der Waals surface area contributed by atoms with Gasteiger partial charge in [0.25, 0.3) is 5.17 Å². The van der Waals surface area contributed by atoms with Gasteiger partial charge in [-0.25, -0.2) is 0 Å². The fraction of sp³-hybridized carbons (Fsp3) is 0.0455. The standard InChI is InChI=1S/C22H17NOS/c1-23(21-12-6-10-17-8-4-5-11-20(17)21)22(25)24-19-14-13-16-7-2-3-9-18(16)15-19/h2-15H,1H3. The fourth-order valence-corrected chi connectivity index (χ4v) is 3.19. The second-order valence-electron chi connectivity index (χ2n) is 5.93. The molecular formula is C22H17NOS. The van der Waals surface area contributed by atoms with Gasteiger partial charge in [0.2, 0.25) is 0 Å². The lowest BCUT2D eigenvalue weighted by molar-refractivity contribution is 0.553. The third-order valence-electron chi connectivity index (χ3n) is 4.33. The summed E-state index contributed by atoms with van der Waals surface area (Å²) in [5.74, 6) is 0.746. The van der Waals surface area contributed by atoms with Crippen molar-refractivity contribution in [3.05, 3.63) is 84.9 Å². The number of anilines is 1. The van der Waals surface area contributed by atoms with E-state index in [-0.39, 0.29) is 0 Å². The van der Waals surface area contributed by atoms with E-state index in [0.29, 0.717) is 5.17 Å². The number of rotatable bonds is 2. The number of thiocarbonyl (C=S) groups is 1. The van der Waals surface area contributed by atoms with Crippen LogP contribution in [0.5, 0.6) is 5.75 Å². The molecule has 2 nitrogen and oxygen atoms in total. The number of benzene rings is 4. The van der Waals surface area contributed by atoms with Crippen molar-refractivity contribution in [2.75, 3.05) is 11.9 Å². The van der Waals surface area contributed by atoms with Gasteiger partial charge in [-0.05, 0) is 46.6 Å². The highest BCUT2D eigenvalue weighted by molar-refractivity contribution is 7.80. The minimum absolute atomic E-state index is 0.423. The monoisotopic (exact) mass is 343 g/mol. The normalized spacial score (nSPS) is 10.8. The van der Waals surface area contributed by atoms with Crippen LogP contribution in [0.2, 0.25) is 0 Å². The van der Waals surface area contributed by atoms with Crippen LogP contribution in [0, 0.1) is 0 Å². The van der Waals surface area contributed by atoms with Gasteiger partial charge in [-0.3, -0.25) is 0 Å². The summed E-state index contributed by atoms with van der Waals surface area (Å²) >= 11 is 5.53. The van der Waals surface area contributed by atoms with Gasteiger partial charge in [0.15, 0.2) is 0 Å². The summed E-state index contributed by atoms with van der Waals surface area (Å²) < 4.78 is 5.94. The molecule has 0 spiro atoms. The van der Waals surface area contributed by atoms with Gasteiger partial charge in [-0.1, -0.05) is 66.7 Å². The summed E-state index contributed by atoms with van der Waals surface area (Å²) in [4.78, 5) is 1.91. The van der Waals surface area contributed by atoms with Crippen LogP contribution in [-0.2, 0) is 0 Å². The molecule has 0 atom stereocenters. The Labute approximate surface area is 152 Å². The number of fused-ring (bicyclic) bond motifs is 2. The van der Waals surface area contributed by atoms with Crippen LogP contribution in [0.4, 0.5) is 5.69 Å². The highest BCUT2D eigenvalue weighted by Crippen LogP contribution is 2.27. The van der Waals surface area contributed by atoms with Crippen LogP contribution in [0.25, 0.3) is 21.5 Å². The Morgan fingerprint density at radius 1 is 0.760 bits per heavy atom. The first-order chi connectivity index (χ1) is 12.2. The summed E-state index contributed by atoms with van der Waals surface area (Å²) in [6.45, 7) is 0. The van der Waals surface area contributed by atoms with Crippen LogP contribution < -0.4 is 9.64 Å². The zero-order valence-electron chi connectivity index (χ0n) is 13.8. The maximum Gasteiger partial charge on any atom is 0.269 e. The van der Waals surface area contributed by atoms with Crippen molar-refractivity contribution in [2.24, 2.45) is 0 Å². The molecule has 0 aliphatic carbocycles. The average molecular weight is 343 g/mol. The number of hydrogen-bond acceptors (Lipinski definition) is 2. The van der Waals surface area contributed by atoms with Crippen molar-refractivity contribution in [3.8, 4) is 5.75 Å². The third-order valence-corrected chi connectivity index (χ3v) is 4.69. The summed E-state index contributed by atoms with van der Waals surface area (Å²) in [6, 6.07) is 28.7. The van der Waals surface area contributed by atoms with Gasteiger partial charge >= 0.3 is 0 Å². The lowest BCUT2D eigenvalue weighted by atomic mass is 10.1. The second kappa shape index (κ2) is 6.54. The third kappa shape index (κ3) is 3.06. The van der Waals surface area contributed by atoms with E-state index in [1.165, 1.54) is 10.8 Å². The molecule has 4 aromatic rings. The van der Waals surface area contributed by atoms with Crippen molar-refractivity contribution in [3.63, 3.8) is 0 Å². The zero-order chi connectivity index (χ0) is 17.2. The van der Waals surface area contributed by atoms with Crippen molar-refractivity contribution < 1.29 is 4.74 Å². The number of nitrogens with zero attached hydrogens (tertiary/aromatic N) is 1. The summed E-state index contributed by atoms with van der Waals surface area (Å²) in [5, 5.41) is 5.07. The molecule has 0 aromatic heterocycles. The molecule has 0 unspecified atom stereocenters. The Hall–Kier alpha value is -2.91. The van der Waals surface area contributed by atoms with E-state index in [1.807, 2.05) is 60.5 Å². The molecule has 0 saturated heterocycles. The SMILES string of the molecule is CN(C(=S)Oc1ccc2ccccc2c1)c1cccc2ccccc12. The first kappa shape index (κ1) is 15.6. The molecule has 0 radical (unpaired) electrons.